The molecule has 0 aliphatic rings. The summed E-state index contributed by atoms with van der Waals surface area (Å²) < 4.78 is 1.85. The predicted octanol–water partition coefficient (Wildman–Crippen LogP) is 2.44. The molecule has 116 valence electrons. The van der Waals surface area contributed by atoms with Crippen molar-refractivity contribution in [1.82, 2.24) is 24.3 Å². The number of nitrogens with zero attached hydrogens (tertiary/aromatic N) is 5. The zero-order valence-electron chi connectivity index (χ0n) is 12.5. The number of hydrogen-bond acceptors (Lipinski definition) is 5. The number of nitrogens with one attached hydrogen (secondary N) is 1. The third kappa shape index (κ3) is 2.70. The van der Waals surface area contributed by atoms with E-state index in [-0.39, 0.29) is 11.6 Å². The lowest BCUT2D eigenvalue weighted by atomic mass is 10.1. The average molecular weight is 316 g/mol. The summed E-state index contributed by atoms with van der Waals surface area (Å²) in [6, 6.07) is 9.30. The van der Waals surface area contributed by atoms with Gasteiger partial charge in [-0.3, -0.25) is 14.2 Å². The molecule has 0 saturated heterocycles. The summed E-state index contributed by atoms with van der Waals surface area (Å²) in [5, 5.41) is 2.81. The van der Waals surface area contributed by atoms with Crippen LogP contribution in [0.2, 0.25) is 0 Å². The van der Waals surface area contributed by atoms with Crippen LogP contribution in [0.15, 0.2) is 67.5 Å². The zero-order chi connectivity index (χ0) is 16.4. The molecule has 1 N–H and O–H groups in total. The minimum atomic E-state index is -0.308. The Balaban J connectivity index is 1.63. The van der Waals surface area contributed by atoms with Crippen molar-refractivity contribution in [3.63, 3.8) is 0 Å². The van der Waals surface area contributed by atoms with E-state index in [0.29, 0.717) is 11.5 Å². The van der Waals surface area contributed by atoms with E-state index in [9.17, 15) is 4.79 Å². The second kappa shape index (κ2) is 5.88. The van der Waals surface area contributed by atoms with Gasteiger partial charge in [-0.05, 0) is 18.2 Å². The van der Waals surface area contributed by atoms with Crippen LogP contribution in [0.3, 0.4) is 0 Å². The molecule has 0 saturated carbocycles. The second-order valence-corrected chi connectivity index (χ2v) is 5.08. The van der Waals surface area contributed by atoms with Gasteiger partial charge in [0.15, 0.2) is 0 Å². The van der Waals surface area contributed by atoms with Gasteiger partial charge >= 0.3 is 0 Å². The first-order valence-electron chi connectivity index (χ1n) is 7.27. The topological polar surface area (TPSA) is 85.1 Å². The van der Waals surface area contributed by atoms with Crippen molar-refractivity contribution < 1.29 is 4.79 Å². The van der Waals surface area contributed by atoms with E-state index in [1.165, 1.54) is 18.6 Å². The molecule has 0 bridgehead atoms. The maximum Gasteiger partial charge on any atom is 0.275 e. The number of amides is 1. The molecule has 0 unspecified atom stereocenters. The van der Waals surface area contributed by atoms with Gasteiger partial charge in [0, 0.05) is 42.2 Å². The standard InChI is InChI=1S/C17H12N6O/c24-16(14-10-18-6-7-19-14)21-13-4-1-3-12(9-13)15-11-23-8-2-5-20-17(23)22-15/h1-11H,(H,21,24). The van der Waals surface area contributed by atoms with Crippen LogP contribution in [0.5, 0.6) is 0 Å². The smallest absolute Gasteiger partial charge is 0.275 e. The zero-order valence-corrected chi connectivity index (χ0v) is 12.5. The molecule has 0 aliphatic carbocycles. The summed E-state index contributed by atoms with van der Waals surface area (Å²) in [7, 11) is 0. The van der Waals surface area contributed by atoms with Gasteiger partial charge in [-0.15, -0.1) is 0 Å². The van der Waals surface area contributed by atoms with Crippen molar-refractivity contribution >= 4 is 17.4 Å². The van der Waals surface area contributed by atoms with Gasteiger partial charge < -0.3 is 5.32 Å². The number of fused-ring (bicyclic) bond motifs is 1. The monoisotopic (exact) mass is 316 g/mol. The molecule has 1 aromatic carbocycles. The molecule has 24 heavy (non-hydrogen) atoms. The Hall–Kier alpha value is -3.61. The number of benzene rings is 1. The summed E-state index contributed by atoms with van der Waals surface area (Å²) in [6.07, 6.45) is 9.91. The van der Waals surface area contributed by atoms with Crippen LogP contribution in [0.25, 0.3) is 17.0 Å². The van der Waals surface area contributed by atoms with Gasteiger partial charge in [0.2, 0.25) is 5.78 Å². The molecule has 4 rings (SSSR count). The number of carbonyl (C=O) groups is 1. The molecule has 3 heterocycles. The van der Waals surface area contributed by atoms with E-state index >= 15 is 0 Å². The third-order valence-electron chi connectivity index (χ3n) is 3.45. The molecular weight excluding hydrogens is 304 g/mol. The first-order valence-corrected chi connectivity index (χ1v) is 7.27. The molecule has 7 heteroatoms. The van der Waals surface area contributed by atoms with Gasteiger partial charge in [0.25, 0.3) is 5.91 Å². The lowest BCUT2D eigenvalue weighted by molar-refractivity contribution is 0.102. The van der Waals surface area contributed by atoms with Crippen LogP contribution >= 0.6 is 0 Å². The summed E-state index contributed by atoms with van der Waals surface area (Å²) in [4.78, 5) is 28.7. The first kappa shape index (κ1) is 14.0. The van der Waals surface area contributed by atoms with Crippen LogP contribution < -0.4 is 5.32 Å². The highest BCUT2D eigenvalue weighted by Crippen LogP contribution is 2.22. The molecule has 0 atom stereocenters. The minimum absolute atomic E-state index is 0.264. The fourth-order valence-corrected chi connectivity index (χ4v) is 2.34. The molecule has 4 aromatic rings. The number of imidazole rings is 1. The largest absolute Gasteiger partial charge is 0.321 e. The number of hydrogen-bond donors (Lipinski definition) is 1. The van der Waals surface area contributed by atoms with Crippen LogP contribution in [0.1, 0.15) is 10.5 Å². The van der Waals surface area contributed by atoms with Crippen molar-refractivity contribution in [3.05, 3.63) is 73.2 Å². The predicted molar refractivity (Wildman–Crippen MR) is 88.4 cm³/mol. The highest BCUT2D eigenvalue weighted by Gasteiger charge is 2.09. The third-order valence-corrected chi connectivity index (χ3v) is 3.45. The number of carbonyl (C=O) groups excluding carboxylic acids is 1. The van der Waals surface area contributed by atoms with Gasteiger partial charge in [0.05, 0.1) is 11.9 Å². The van der Waals surface area contributed by atoms with Crippen molar-refractivity contribution in [2.45, 2.75) is 0 Å². The SMILES string of the molecule is O=C(Nc1cccc(-c2cn3cccnc3n2)c1)c1cnccn1. The molecule has 1 amide bonds. The minimum Gasteiger partial charge on any atom is -0.321 e. The molecule has 0 fully saturated rings. The first-order chi connectivity index (χ1) is 11.8. The maximum absolute atomic E-state index is 12.2. The molecule has 0 radical (unpaired) electrons. The van der Waals surface area contributed by atoms with Gasteiger partial charge in [-0.25, -0.2) is 15.0 Å². The molecule has 0 aliphatic heterocycles. The number of anilines is 1. The molecule has 0 spiro atoms. The van der Waals surface area contributed by atoms with E-state index in [1.54, 1.807) is 6.20 Å². The van der Waals surface area contributed by atoms with Crippen molar-refractivity contribution in [2.24, 2.45) is 0 Å². The normalized spacial score (nSPS) is 10.7. The number of aromatic nitrogens is 5. The second-order valence-electron chi connectivity index (χ2n) is 5.08. The average Bonchev–Trinajstić information content (AvgIpc) is 3.07. The highest BCUT2D eigenvalue weighted by atomic mass is 16.1. The van der Waals surface area contributed by atoms with Crippen LogP contribution in [-0.4, -0.2) is 30.2 Å². The molecule has 7 nitrogen and oxygen atoms in total. The van der Waals surface area contributed by atoms with E-state index in [4.69, 9.17) is 0 Å². The van der Waals surface area contributed by atoms with Crippen LogP contribution in [0, 0.1) is 0 Å². The highest BCUT2D eigenvalue weighted by molar-refractivity contribution is 6.02. The van der Waals surface area contributed by atoms with Crippen LogP contribution in [0.4, 0.5) is 5.69 Å². The van der Waals surface area contributed by atoms with E-state index in [2.05, 4.69) is 25.3 Å². The lowest BCUT2D eigenvalue weighted by Gasteiger charge is -2.05. The maximum atomic E-state index is 12.2. The van der Waals surface area contributed by atoms with E-state index < -0.39 is 0 Å². The van der Waals surface area contributed by atoms with E-state index in [1.807, 2.05) is 47.1 Å². The Bertz CT molecular complexity index is 979. The Labute approximate surface area is 137 Å². The molecule has 3 aromatic heterocycles. The fraction of sp³-hybridized carbons (Fsp3) is 0. The summed E-state index contributed by atoms with van der Waals surface area (Å²) in [5.74, 6) is 0.318. The Morgan fingerprint density at radius 1 is 1.08 bits per heavy atom. The van der Waals surface area contributed by atoms with Gasteiger partial charge in [-0.2, -0.15) is 0 Å². The Kier molecular flexibility index (Phi) is 3.43. The molecular formula is C17H12N6O. The lowest BCUT2D eigenvalue weighted by Crippen LogP contribution is -2.13. The Morgan fingerprint density at radius 3 is 2.88 bits per heavy atom. The summed E-state index contributed by atoms with van der Waals surface area (Å²) in [6.45, 7) is 0. The van der Waals surface area contributed by atoms with Gasteiger partial charge in [0.1, 0.15) is 5.69 Å². The van der Waals surface area contributed by atoms with Gasteiger partial charge in [-0.1, -0.05) is 12.1 Å². The Morgan fingerprint density at radius 2 is 2.04 bits per heavy atom. The van der Waals surface area contributed by atoms with Crippen molar-refractivity contribution in [2.75, 3.05) is 5.32 Å². The fourth-order valence-electron chi connectivity index (χ4n) is 2.34. The van der Waals surface area contributed by atoms with Crippen LogP contribution in [-0.2, 0) is 0 Å². The van der Waals surface area contributed by atoms with Crippen molar-refractivity contribution in [3.8, 4) is 11.3 Å². The summed E-state index contributed by atoms with van der Waals surface area (Å²) >= 11 is 0. The van der Waals surface area contributed by atoms with E-state index in [0.717, 1.165) is 11.3 Å². The summed E-state index contributed by atoms with van der Waals surface area (Å²) in [5.41, 5.74) is 2.59. The van der Waals surface area contributed by atoms with Crippen molar-refractivity contribution in [1.29, 1.82) is 0 Å². The quantitative estimate of drug-likeness (QED) is 0.627. The number of rotatable bonds is 3.